The molecule has 0 aliphatic rings. The van der Waals surface area contributed by atoms with Crippen molar-refractivity contribution in [2.45, 2.75) is 20.4 Å². The molecule has 0 amide bonds. The minimum Gasteiger partial charge on any atom is -0.472 e. The summed E-state index contributed by atoms with van der Waals surface area (Å²) in [4.78, 5) is 0. The Bertz CT molecular complexity index is 544. The number of nitriles is 1. The maximum atomic E-state index is 9.00. The first kappa shape index (κ1) is 10.4. The first-order valence-electron chi connectivity index (χ1n) is 5.01. The third-order valence-electron chi connectivity index (χ3n) is 2.90. The van der Waals surface area contributed by atoms with Crippen molar-refractivity contribution in [3.05, 3.63) is 41.0 Å². The Morgan fingerprint density at radius 1 is 1.50 bits per heavy atom. The average molecular weight is 215 g/mol. The van der Waals surface area contributed by atoms with E-state index in [2.05, 4.69) is 6.07 Å². The zero-order valence-corrected chi connectivity index (χ0v) is 9.32. The molecule has 2 aromatic rings. The molecule has 4 nitrogen and oxygen atoms in total. The number of furan rings is 1. The number of hydrogen-bond acceptors (Lipinski definition) is 3. The van der Waals surface area contributed by atoms with Crippen LogP contribution in [0.4, 0.5) is 5.82 Å². The lowest BCUT2D eigenvalue weighted by Crippen LogP contribution is -2.05. The van der Waals surface area contributed by atoms with Gasteiger partial charge in [0.1, 0.15) is 11.9 Å². The molecular formula is C12H13N3O. The molecule has 0 saturated carbocycles. The van der Waals surface area contributed by atoms with Crippen LogP contribution >= 0.6 is 0 Å². The minimum atomic E-state index is 0.527. The molecule has 0 atom stereocenters. The van der Waals surface area contributed by atoms with Gasteiger partial charge < -0.3 is 14.7 Å². The van der Waals surface area contributed by atoms with Crippen molar-refractivity contribution in [3.8, 4) is 6.07 Å². The second-order valence-corrected chi connectivity index (χ2v) is 3.80. The SMILES string of the molecule is Cc1c(C#N)c(N)n(Cc2ccoc2)c1C. The van der Waals surface area contributed by atoms with Crippen LogP contribution in [0.2, 0.25) is 0 Å². The molecule has 0 radical (unpaired) electrons. The van der Waals surface area contributed by atoms with Gasteiger partial charge in [-0.15, -0.1) is 0 Å². The van der Waals surface area contributed by atoms with Crippen molar-refractivity contribution in [3.63, 3.8) is 0 Å². The van der Waals surface area contributed by atoms with E-state index >= 15 is 0 Å². The van der Waals surface area contributed by atoms with Crippen molar-refractivity contribution in [1.82, 2.24) is 4.57 Å². The highest BCUT2D eigenvalue weighted by atomic mass is 16.3. The first-order chi connectivity index (χ1) is 7.65. The van der Waals surface area contributed by atoms with Gasteiger partial charge in [-0.3, -0.25) is 0 Å². The van der Waals surface area contributed by atoms with Gasteiger partial charge in [0, 0.05) is 11.3 Å². The van der Waals surface area contributed by atoms with Crippen molar-refractivity contribution < 1.29 is 4.42 Å². The Kier molecular flexibility index (Phi) is 2.45. The minimum absolute atomic E-state index is 0.527. The molecule has 2 rings (SSSR count). The second-order valence-electron chi connectivity index (χ2n) is 3.80. The highest BCUT2D eigenvalue weighted by Crippen LogP contribution is 2.24. The van der Waals surface area contributed by atoms with Gasteiger partial charge in [-0.25, -0.2) is 0 Å². The third kappa shape index (κ3) is 1.47. The highest BCUT2D eigenvalue weighted by molar-refractivity contribution is 5.58. The van der Waals surface area contributed by atoms with Crippen LogP contribution < -0.4 is 5.73 Å². The van der Waals surface area contributed by atoms with E-state index < -0.39 is 0 Å². The molecule has 2 N–H and O–H groups in total. The van der Waals surface area contributed by atoms with E-state index in [1.807, 2.05) is 24.5 Å². The fourth-order valence-electron chi connectivity index (χ4n) is 1.80. The Morgan fingerprint density at radius 2 is 2.25 bits per heavy atom. The van der Waals surface area contributed by atoms with Gasteiger partial charge in [0.2, 0.25) is 0 Å². The monoisotopic (exact) mass is 215 g/mol. The highest BCUT2D eigenvalue weighted by Gasteiger charge is 2.15. The number of nitrogens with zero attached hydrogens (tertiary/aromatic N) is 2. The van der Waals surface area contributed by atoms with Crippen LogP contribution in [0.5, 0.6) is 0 Å². The predicted molar refractivity (Wildman–Crippen MR) is 60.8 cm³/mol. The van der Waals surface area contributed by atoms with E-state index in [1.54, 1.807) is 12.5 Å². The molecule has 2 aromatic heterocycles. The number of nitrogens with two attached hydrogens (primary N) is 1. The Labute approximate surface area is 93.9 Å². The molecule has 0 unspecified atom stereocenters. The van der Waals surface area contributed by atoms with Gasteiger partial charge >= 0.3 is 0 Å². The van der Waals surface area contributed by atoms with Crippen LogP contribution in [0.25, 0.3) is 0 Å². The summed E-state index contributed by atoms with van der Waals surface area (Å²) in [5.41, 5.74) is 9.52. The summed E-state index contributed by atoms with van der Waals surface area (Å²) < 4.78 is 6.94. The van der Waals surface area contributed by atoms with Crippen molar-refractivity contribution >= 4 is 5.82 Å². The zero-order chi connectivity index (χ0) is 11.7. The summed E-state index contributed by atoms with van der Waals surface area (Å²) in [5, 5.41) is 9.00. The summed E-state index contributed by atoms with van der Waals surface area (Å²) in [7, 11) is 0. The number of aromatic nitrogens is 1. The molecular weight excluding hydrogens is 202 g/mol. The summed E-state index contributed by atoms with van der Waals surface area (Å²) >= 11 is 0. The van der Waals surface area contributed by atoms with Crippen LogP contribution in [0.1, 0.15) is 22.4 Å². The lowest BCUT2D eigenvalue weighted by atomic mass is 10.2. The lowest BCUT2D eigenvalue weighted by molar-refractivity contribution is 0.562. The molecule has 2 heterocycles. The molecule has 4 heteroatoms. The van der Waals surface area contributed by atoms with Gasteiger partial charge in [0.15, 0.2) is 0 Å². The van der Waals surface area contributed by atoms with Crippen LogP contribution in [-0.2, 0) is 6.54 Å². The number of hydrogen-bond donors (Lipinski definition) is 1. The Balaban J connectivity index is 2.46. The fraction of sp³-hybridized carbons (Fsp3) is 0.250. The molecule has 82 valence electrons. The quantitative estimate of drug-likeness (QED) is 0.835. The van der Waals surface area contributed by atoms with E-state index in [0.29, 0.717) is 17.9 Å². The van der Waals surface area contributed by atoms with E-state index in [4.69, 9.17) is 15.4 Å². The van der Waals surface area contributed by atoms with Crippen molar-refractivity contribution in [2.75, 3.05) is 5.73 Å². The third-order valence-corrected chi connectivity index (χ3v) is 2.90. The van der Waals surface area contributed by atoms with Gasteiger partial charge in [0.05, 0.1) is 24.6 Å². The maximum Gasteiger partial charge on any atom is 0.122 e. The van der Waals surface area contributed by atoms with Crippen molar-refractivity contribution in [1.29, 1.82) is 5.26 Å². The largest absolute Gasteiger partial charge is 0.472 e. The summed E-state index contributed by atoms with van der Waals surface area (Å²) in [6, 6.07) is 4.02. The molecule has 0 aliphatic heterocycles. The van der Waals surface area contributed by atoms with Crippen LogP contribution in [-0.4, -0.2) is 4.57 Å². The van der Waals surface area contributed by atoms with E-state index in [1.165, 1.54) is 0 Å². The fourth-order valence-corrected chi connectivity index (χ4v) is 1.80. The van der Waals surface area contributed by atoms with Gasteiger partial charge in [-0.2, -0.15) is 5.26 Å². The summed E-state index contributed by atoms with van der Waals surface area (Å²) in [6.07, 6.45) is 3.31. The van der Waals surface area contributed by atoms with Crippen molar-refractivity contribution in [2.24, 2.45) is 0 Å². The summed E-state index contributed by atoms with van der Waals surface area (Å²) in [5.74, 6) is 0.527. The first-order valence-corrected chi connectivity index (χ1v) is 5.01. The van der Waals surface area contributed by atoms with Crippen LogP contribution in [0.15, 0.2) is 23.0 Å². The molecule has 0 saturated heterocycles. The van der Waals surface area contributed by atoms with E-state index in [-0.39, 0.29) is 0 Å². The number of rotatable bonds is 2. The zero-order valence-electron chi connectivity index (χ0n) is 9.32. The molecule has 0 aromatic carbocycles. The van der Waals surface area contributed by atoms with Crippen LogP contribution in [0.3, 0.4) is 0 Å². The predicted octanol–water partition coefficient (Wildman–Crippen LogP) is 2.20. The molecule has 0 fully saturated rings. The Hall–Kier alpha value is -2.15. The topological polar surface area (TPSA) is 67.9 Å². The number of nitrogen functional groups attached to an aromatic ring is 1. The van der Waals surface area contributed by atoms with E-state index in [9.17, 15) is 0 Å². The Morgan fingerprint density at radius 3 is 2.75 bits per heavy atom. The van der Waals surface area contributed by atoms with Gasteiger partial charge in [-0.1, -0.05) is 0 Å². The standard InChI is InChI=1S/C12H13N3O/c1-8-9(2)15(12(14)11(8)5-13)6-10-3-4-16-7-10/h3-4,7H,6,14H2,1-2H3. The molecule has 0 spiro atoms. The summed E-state index contributed by atoms with van der Waals surface area (Å²) in [6.45, 7) is 4.51. The average Bonchev–Trinajstić information content (AvgIpc) is 2.83. The van der Waals surface area contributed by atoms with Gasteiger partial charge in [0.25, 0.3) is 0 Å². The molecule has 0 bridgehead atoms. The molecule has 0 aliphatic carbocycles. The number of anilines is 1. The normalized spacial score (nSPS) is 10.3. The van der Waals surface area contributed by atoms with E-state index in [0.717, 1.165) is 16.8 Å². The van der Waals surface area contributed by atoms with Crippen LogP contribution in [0, 0.1) is 25.2 Å². The smallest absolute Gasteiger partial charge is 0.122 e. The maximum absolute atomic E-state index is 9.00. The van der Waals surface area contributed by atoms with Gasteiger partial charge in [-0.05, 0) is 25.5 Å². The lowest BCUT2D eigenvalue weighted by Gasteiger charge is -2.06. The second kappa shape index (κ2) is 3.78. The molecule has 16 heavy (non-hydrogen) atoms.